The lowest BCUT2D eigenvalue weighted by atomic mass is 9.82. The number of fused-ring (bicyclic) bond motifs is 10. The van der Waals surface area contributed by atoms with Gasteiger partial charge in [0.05, 0.1) is 33.6 Å². The van der Waals surface area contributed by atoms with Crippen LogP contribution in [0.3, 0.4) is 0 Å². The lowest BCUT2D eigenvalue weighted by molar-refractivity contribution is 0.660. The average Bonchev–Trinajstić information content (AvgIpc) is 3.78. The molecule has 0 spiro atoms. The largest absolute Gasteiger partial charge is 0.309 e. The third-order valence-electron chi connectivity index (χ3n) is 14.8. The number of rotatable bonds is 5. The molecule has 2 aromatic heterocycles. The molecule has 2 aliphatic rings. The van der Waals surface area contributed by atoms with E-state index in [4.69, 9.17) is 9.97 Å². The minimum Gasteiger partial charge on any atom is -0.309 e. The molecule has 0 saturated heterocycles. The van der Waals surface area contributed by atoms with Crippen molar-refractivity contribution in [1.29, 1.82) is 0 Å². The molecule has 14 rings (SSSR count). The second kappa shape index (κ2) is 15.1. The molecule has 0 N–H and O–H groups in total. The van der Waals surface area contributed by atoms with Crippen LogP contribution >= 0.6 is 0 Å². The first-order valence-corrected chi connectivity index (χ1v) is 23.8. The Morgan fingerprint density at radius 3 is 1.90 bits per heavy atom. The Labute approximate surface area is 400 Å². The minimum atomic E-state index is -0.154. The molecule has 0 fully saturated rings. The summed E-state index contributed by atoms with van der Waals surface area (Å²) in [4.78, 5) is 13.4. The maximum Gasteiger partial charge on any atom is 0.235 e. The fourth-order valence-electron chi connectivity index (χ4n) is 11.4. The minimum absolute atomic E-state index is 0.154. The van der Waals surface area contributed by atoms with Crippen LogP contribution in [0.5, 0.6) is 0 Å². The molecular formula is C65H44N4. The van der Waals surface area contributed by atoms with Crippen LogP contribution < -0.4 is 4.90 Å². The van der Waals surface area contributed by atoms with Crippen molar-refractivity contribution < 1.29 is 0 Å². The summed E-state index contributed by atoms with van der Waals surface area (Å²) >= 11 is 0. The molecule has 1 aliphatic carbocycles. The number of nitrogens with zero attached hydrogens (tertiary/aromatic N) is 4. The Hall–Kier alpha value is -8.86. The van der Waals surface area contributed by atoms with Gasteiger partial charge in [0.1, 0.15) is 0 Å². The van der Waals surface area contributed by atoms with Crippen LogP contribution in [-0.2, 0) is 5.41 Å². The third kappa shape index (κ3) is 6.08. The SMILES string of the molecule is CC1(C)c2ccccc2-c2cc3c(cc21)C=Cc1cc(-c2ccc4c(c2)c2ccccc2n4-c2ccccc2)ccc1N3c1nc(-c2ccc(-c3cccc4ccccc34)cc2)c2ccccc2n1. The molecule has 0 radical (unpaired) electrons. The second-order valence-corrected chi connectivity index (χ2v) is 19.0. The van der Waals surface area contributed by atoms with E-state index in [0.717, 1.165) is 61.5 Å². The number of hydrogen-bond donors (Lipinski definition) is 0. The molecule has 4 nitrogen and oxygen atoms in total. The van der Waals surface area contributed by atoms with Gasteiger partial charge < -0.3 is 4.57 Å². The summed E-state index contributed by atoms with van der Waals surface area (Å²) in [6, 6.07) is 79.3. The summed E-state index contributed by atoms with van der Waals surface area (Å²) in [5, 5.41) is 5.95. The highest BCUT2D eigenvalue weighted by molar-refractivity contribution is 6.11. The Bertz CT molecular complexity index is 4100. The van der Waals surface area contributed by atoms with Gasteiger partial charge in [0.25, 0.3) is 0 Å². The molecule has 1 aliphatic heterocycles. The first kappa shape index (κ1) is 39.3. The van der Waals surface area contributed by atoms with E-state index >= 15 is 0 Å². The fourth-order valence-corrected chi connectivity index (χ4v) is 11.4. The number of benzene rings is 10. The first-order chi connectivity index (χ1) is 34.0. The number of aromatic nitrogens is 3. The number of para-hydroxylation sites is 3. The smallest absolute Gasteiger partial charge is 0.235 e. The Balaban J connectivity index is 0.952. The predicted octanol–water partition coefficient (Wildman–Crippen LogP) is 17.1. The van der Waals surface area contributed by atoms with Crippen LogP contribution in [-0.4, -0.2) is 14.5 Å². The average molecular weight is 881 g/mol. The second-order valence-electron chi connectivity index (χ2n) is 19.0. The zero-order chi connectivity index (χ0) is 45.8. The standard InChI is InChI=1S/C65H44N4/c1-65(2)56-24-11-8-20-51(56)54-40-62-47(39-57(54)65)32-31-46-37-44(45-34-36-61-55(38-45)52-21-10-13-26-60(52)68(61)48-17-4-3-5-18-48)33-35-59(46)69(62)64-66-58-25-12-9-22-53(58)63(67-64)43-29-27-42(28-30-43)50-23-14-16-41-15-6-7-19-49(41)50/h3-40H,1-2H3. The fraction of sp³-hybridized carbons (Fsp3) is 0.0462. The van der Waals surface area contributed by atoms with Crippen molar-refractivity contribution in [1.82, 2.24) is 14.5 Å². The van der Waals surface area contributed by atoms with E-state index in [9.17, 15) is 0 Å². The van der Waals surface area contributed by atoms with Gasteiger partial charge in [0.2, 0.25) is 5.95 Å². The van der Waals surface area contributed by atoms with E-state index in [0.29, 0.717) is 5.95 Å². The van der Waals surface area contributed by atoms with Crippen molar-refractivity contribution in [3.05, 3.63) is 241 Å². The third-order valence-corrected chi connectivity index (χ3v) is 14.8. The zero-order valence-electron chi connectivity index (χ0n) is 38.2. The summed E-state index contributed by atoms with van der Waals surface area (Å²) in [5.74, 6) is 0.626. The molecule has 324 valence electrons. The van der Waals surface area contributed by atoms with E-state index in [2.05, 4.69) is 254 Å². The van der Waals surface area contributed by atoms with Gasteiger partial charge in [-0.25, -0.2) is 9.97 Å². The van der Waals surface area contributed by atoms with Crippen molar-refractivity contribution in [2.45, 2.75) is 19.3 Å². The van der Waals surface area contributed by atoms with Gasteiger partial charge in [-0.05, 0) is 127 Å². The van der Waals surface area contributed by atoms with Crippen molar-refractivity contribution >= 4 is 73.0 Å². The highest BCUT2D eigenvalue weighted by Crippen LogP contribution is 2.53. The van der Waals surface area contributed by atoms with Crippen LogP contribution in [0.15, 0.2) is 218 Å². The lowest BCUT2D eigenvalue weighted by Crippen LogP contribution is -2.17. The molecule has 0 unspecified atom stereocenters. The summed E-state index contributed by atoms with van der Waals surface area (Å²) in [5.41, 5.74) is 20.4. The maximum atomic E-state index is 5.61. The Morgan fingerprint density at radius 1 is 0.391 bits per heavy atom. The molecule has 3 heterocycles. The molecule has 12 aromatic rings. The van der Waals surface area contributed by atoms with Gasteiger partial charge >= 0.3 is 0 Å². The van der Waals surface area contributed by atoms with E-state index in [1.807, 2.05) is 0 Å². The molecular weight excluding hydrogens is 837 g/mol. The van der Waals surface area contributed by atoms with Gasteiger partial charge in [-0.15, -0.1) is 0 Å². The van der Waals surface area contributed by atoms with Crippen molar-refractivity contribution in [3.63, 3.8) is 0 Å². The van der Waals surface area contributed by atoms with Crippen LogP contribution in [0.4, 0.5) is 17.3 Å². The van der Waals surface area contributed by atoms with Crippen LogP contribution in [0.25, 0.3) is 106 Å². The van der Waals surface area contributed by atoms with Crippen molar-refractivity contribution in [2.24, 2.45) is 0 Å². The number of hydrogen-bond acceptors (Lipinski definition) is 3. The highest BCUT2D eigenvalue weighted by atomic mass is 15.3. The van der Waals surface area contributed by atoms with Gasteiger partial charge in [-0.1, -0.05) is 184 Å². The maximum absolute atomic E-state index is 5.61. The molecule has 4 heteroatoms. The molecule has 10 aromatic carbocycles. The summed E-state index contributed by atoms with van der Waals surface area (Å²) in [7, 11) is 0. The van der Waals surface area contributed by atoms with Gasteiger partial charge in [0, 0.05) is 32.8 Å². The number of anilines is 3. The van der Waals surface area contributed by atoms with E-state index in [1.54, 1.807) is 0 Å². The van der Waals surface area contributed by atoms with Crippen LogP contribution in [0.2, 0.25) is 0 Å². The van der Waals surface area contributed by atoms with Gasteiger partial charge in [0.15, 0.2) is 0 Å². The molecule has 0 bridgehead atoms. The summed E-state index contributed by atoms with van der Waals surface area (Å²) in [6.07, 6.45) is 4.58. The molecule has 0 saturated carbocycles. The molecule has 0 amide bonds. The Morgan fingerprint density at radius 2 is 1.03 bits per heavy atom. The normalized spacial score (nSPS) is 13.4. The topological polar surface area (TPSA) is 34.0 Å². The van der Waals surface area contributed by atoms with E-state index in [1.165, 1.54) is 66.0 Å². The Kier molecular flexibility index (Phi) is 8.59. The molecule has 0 atom stereocenters. The monoisotopic (exact) mass is 880 g/mol. The molecule has 69 heavy (non-hydrogen) atoms. The van der Waals surface area contributed by atoms with Gasteiger partial charge in [-0.2, -0.15) is 0 Å². The van der Waals surface area contributed by atoms with Crippen LogP contribution in [0, 0.1) is 0 Å². The van der Waals surface area contributed by atoms with Crippen LogP contribution in [0.1, 0.15) is 36.1 Å². The summed E-state index contributed by atoms with van der Waals surface area (Å²) in [6.45, 7) is 4.70. The quantitative estimate of drug-likeness (QED) is 0.173. The zero-order valence-corrected chi connectivity index (χ0v) is 38.2. The predicted molar refractivity (Wildman–Crippen MR) is 289 cm³/mol. The summed E-state index contributed by atoms with van der Waals surface area (Å²) < 4.78 is 2.37. The van der Waals surface area contributed by atoms with Crippen molar-refractivity contribution in [2.75, 3.05) is 4.90 Å². The first-order valence-electron chi connectivity index (χ1n) is 23.8. The van der Waals surface area contributed by atoms with E-state index < -0.39 is 0 Å². The highest BCUT2D eigenvalue weighted by Gasteiger charge is 2.37. The lowest BCUT2D eigenvalue weighted by Gasteiger charge is -2.28. The van der Waals surface area contributed by atoms with Gasteiger partial charge in [-0.3, -0.25) is 4.90 Å². The van der Waals surface area contributed by atoms with E-state index in [-0.39, 0.29) is 5.41 Å². The van der Waals surface area contributed by atoms with Crippen molar-refractivity contribution in [3.8, 4) is 50.3 Å².